The predicted octanol–water partition coefficient (Wildman–Crippen LogP) is 5.00. The second-order valence-electron chi connectivity index (χ2n) is 5.16. The average molecular weight is 348 g/mol. The van der Waals surface area contributed by atoms with Gasteiger partial charge in [-0.15, -0.1) is 11.8 Å². The Balaban J connectivity index is 2.21. The number of ether oxygens (including phenoxy) is 2. The molecule has 0 radical (unpaired) electrons. The molecule has 0 unspecified atom stereocenters. The highest BCUT2D eigenvalue weighted by Gasteiger charge is 2.13. The molecule has 0 N–H and O–H groups in total. The lowest BCUT2D eigenvalue weighted by atomic mass is 10.1. The summed E-state index contributed by atoms with van der Waals surface area (Å²) >= 11 is 1.54. The summed E-state index contributed by atoms with van der Waals surface area (Å²) in [4.78, 5) is 12.6. The molecule has 0 atom stereocenters. The minimum atomic E-state index is -0.298. The van der Waals surface area contributed by atoms with E-state index >= 15 is 0 Å². The van der Waals surface area contributed by atoms with Gasteiger partial charge in [0, 0.05) is 22.9 Å². The number of benzene rings is 2. The Hall–Kier alpha value is -2.01. The molecule has 0 saturated carbocycles. The summed E-state index contributed by atoms with van der Waals surface area (Å²) in [5.41, 5.74) is 1.44. The van der Waals surface area contributed by atoms with Crippen LogP contribution in [0.1, 0.15) is 31.4 Å². The molecule has 0 amide bonds. The molecule has 2 aromatic rings. The van der Waals surface area contributed by atoms with Gasteiger partial charge in [-0.1, -0.05) is 26.0 Å². The number of hydrogen-bond donors (Lipinski definition) is 0. The fourth-order valence-electron chi connectivity index (χ4n) is 2.23. The first-order valence-electron chi connectivity index (χ1n) is 7.86. The Kier molecular flexibility index (Phi) is 6.67. The van der Waals surface area contributed by atoms with Crippen LogP contribution in [0.2, 0.25) is 0 Å². The van der Waals surface area contributed by atoms with Crippen LogP contribution in [-0.4, -0.2) is 12.2 Å². The van der Waals surface area contributed by atoms with Crippen LogP contribution in [0, 0.1) is 5.82 Å². The van der Waals surface area contributed by atoms with Gasteiger partial charge in [-0.2, -0.15) is 0 Å². The molecule has 2 rings (SSSR count). The van der Waals surface area contributed by atoms with Gasteiger partial charge in [0.2, 0.25) is 0 Å². The summed E-state index contributed by atoms with van der Waals surface area (Å²) in [5.74, 6) is 0.367. The maximum Gasteiger partial charge on any atom is 0.310 e. The average Bonchev–Trinajstić information content (AvgIpc) is 2.60. The van der Waals surface area contributed by atoms with Crippen molar-refractivity contribution in [2.24, 2.45) is 0 Å². The van der Waals surface area contributed by atoms with Crippen molar-refractivity contribution in [2.45, 2.75) is 38.2 Å². The fourth-order valence-corrected chi connectivity index (χ4v) is 2.85. The number of aryl methyl sites for hydroxylation is 1. The van der Waals surface area contributed by atoms with Gasteiger partial charge in [0.25, 0.3) is 0 Å². The topological polar surface area (TPSA) is 35.5 Å². The van der Waals surface area contributed by atoms with Gasteiger partial charge >= 0.3 is 5.97 Å². The quantitative estimate of drug-likeness (QED) is 0.400. The van der Waals surface area contributed by atoms with E-state index in [-0.39, 0.29) is 18.4 Å². The number of esters is 1. The molecule has 3 nitrogen and oxygen atoms in total. The molecule has 0 aliphatic rings. The van der Waals surface area contributed by atoms with E-state index in [0.717, 1.165) is 10.5 Å². The molecule has 0 aliphatic carbocycles. The molecule has 0 spiro atoms. The van der Waals surface area contributed by atoms with Crippen LogP contribution in [0.3, 0.4) is 0 Å². The van der Waals surface area contributed by atoms with Gasteiger partial charge < -0.3 is 9.47 Å². The van der Waals surface area contributed by atoms with Gasteiger partial charge in [0.05, 0.1) is 0 Å². The first-order valence-corrected chi connectivity index (χ1v) is 9.09. The third-order valence-corrected chi connectivity index (χ3v) is 4.43. The summed E-state index contributed by atoms with van der Waals surface area (Å²) in [5, 5.41) is 0. The number of carbonyl (C=O) groups is 1. The Morgan fingerprint density at radius 3 is 2.62 bits per heavy atom. The molecule has 24 heavy (non-hydrogen) atoms. The van der Waals surface area contributed by atoms with Crippen LogP contribution in [0.15, 0.2) is 41.3 Å². The first-order chi connectivity index (χ1) is 11.6. The van der Waals surface area contributed by atoms with Crippen LogP contribution in [0.25, 0.3) is 0 Å². The van der Waals surface area contributed by atoms with Gasteiger partial charge in [-0.25, -0.2) is 4.39 Å². The Morgan fingerprint density at radius 1 is 1.21 bits per heavy atom. The molecule has 5 heteroatoms. The molecule has 0 fully saturated rings. The third kappa shape index (κ3) is 4.51. The van der Waals surface area contributed by atoms with E-state index in [1.165, 1.54) is 6.07 Å². The van der Waals surface area contributed by atoms with Gasteiger partial charge in [0.15, 0.2) is 0 Å². The molecule has 2 aromatic carbocycles. The van der Waals surface area contributed by atoms with Crippen molar-refractivity contribution < 1.29 is 18.7 Å². The summed E-state index contributed by atoms with van der Waals surface area (Å²) in [7, 11) is 0. The molecule has 0 heterocycles. The lowest BCUT2D eigenvalue weighted by molar-refractivity contribution is -0.134. The van der Waals surface area contributed by atoms with Crippen LogP contribution >= 0.6 is 11.8 Å². The minimum Gasteiger partial charge on any atom is -0.489 e. The summed E-state index contributed by atoms with van der Waals surface area (Å²) in [6, 6.07) is 10.4. The summed E-state index contributed by atoms with van der Waals surface area (Å²) < 4.78 is 25.0. The fraction of sp³-hybridized carbons (Fsp3) is 0.316. The van der Waals surface area contributed by atoms with Crippen LogP contribution in [-0.2, 0) is 17.8 Å². The smallest absolute Gasteiger partial charge is 0.310 e. The molecule has 0 bridgehead atoms. The van der Waals surface area contributed by atoms with E-state index in [0.29, 0.717) is 29.9 Å². The first kappa shape index (κ1) is 18.3. The second kappa shape index (κ2) is 8.73. The second-order valence-corrected chi connectivity index (χ2v) is 6.01. The zero-order valence-corrected chi connectivity index (χ0v) is 14.9. The van der Waals surface area contributed by atoms with Gasteiger partial charge in [0.1, 0.15) is 23.9 Å². The molecular weight excluding hydrogens is 327 g/mol. The molecule has 0 saturated heterocycles. The van der Waals surface area contributed by atoms with Crippen LogP contribution < -0.4 is 9.47 Å². The van der Waals surface area contributed by atoms with E-state index in [2.05, 4.69) is 0 Å². The van der Waals surface area contributed by atoms with E-state index in [1.807, 2.05) is 25.3 Å². The summed E-state index contributed by atoms with van der Waals surface area (Å²) in [6.45, 7) is 3.85. The van der Waals surface area contributed by atoms with Crippen molar-refractivity contribution in [1.82, 2.24) is 0 Å². The van der Waals surface area contributed by atoms with E-state index < -0.39 is 0 Å². The minimum absolute atomic E-state index is 0.203. The SMILES string of the molecule is CCC(=O)Oc1cccc(SC)c1COc1ccc(CC)c(F)c1. The maximum absolute atomic E-state index is 13.9. The van der Waals surface area contributed by atoms with E-state index in [9.17, 15) is 9.18 Å². The van der Waals surface area contributed by atoms with Crippen LogP contribution in [0.5, 0.6) is 11.5 Å². The van der Waals surface area contributed by atoms with E-state index in [4.69, 9.17) is 9.47 Å². The number of thioether (sulfide) groups is 1. The Bertz CT molecular complexity index is 716. The normalized spacial score (nSPS) is 10.5. The molecule has 0 aromatic heterocycles. The van der Waals surface area contributed by atoms with Crippen LogP contribution in [0.4, 0.5) is 4.39 Å². The van der Waals surface area contributed by atoms with Gasteiger partial charge in [-0.05, 0) is 36.4 Å². The van der Waals surface area contributed by atoms with Gasteiger partial charge in [-0.3, -0.25) is 4.79 Å². The zero-order chi connectivity index (χ0) is 17.5. The number of hydrogen-bond acceptors (Lipinski definition) is 4. The van der Waals surface area contributed by atoms with Crippen molar-refractivity contribution >= 4 is 17.7 Å². The molecule has 0 aliphatic heterocycles. The standard InChI is InChI=1S/C19H21FO3S/c1-4-13-9-10-14(11-16(13)20)22-12-15-17(23-19(21)5-2)7-6-8-18(15)24-3/h6-11H,4-5,12H2,1-3H3. The van der Waals surface area contributed by atoms with Crippen molar-refractivity contribution in [2.75, 3.05) is 6.26 Å². The predicted molar refractivity (Wildman–Crippen MR) is 94.3 cm³/mol. The summed E-state index contributed by atoms with van der Waals surface area (Å²) in [6.07, 6.45) is 2.88. The van der Waals surface area contributed by atoms with Crippen molar-refractivity contribution in [3.05, 3.63) is 53.3 Å². The van der Waals surface area contributed by atoms with Crippen molar-refractivity contribution in [1.29, 1.82) is 0 Å². The maximum atomic E-state index is 13.9. The van der Waals surface area contributed by atoms with Crippen molar-refractivity contribution in [3.8, 4) is 11.5 Å². The van der Waals surface area contributed by atoms with Crippen molar-refractivity contribution in [3.63, 3.8) is 0 Å². The highest BCUT2D eigenvalue weighted by Crippen LogP contribution is 2.30. The lowest BCUT2D eigenvalue weighted by Crippen LogP contribution is -2.09. The van der Waals surface area contributed by atoms with E-state index in [1.54, 1.807) is 36.9 Å². The number of rotatable bonds is 7. The zero-order valence-electron chi connectivity index (χ0n) is 14.1. The largest absolute Gasteiger partial charge is 0.489 e. The monoisotopic (exact) mass is 348 g/mol. The molecule has 128 valence electrons. The number of carbonyl (C=O) groups excluding carboxylic acids is 1. The highest BCUT2D eigenvalue weighted by atomic mass is 32.2. The Morgan fingerprint density at radius 2 is 2.00 bits per heavy atom. The lowest BCUT2D eigenvalue weighted by Gasteiger charge is -2.14. The highest BCUT2D eigenvalue weighted by molar-refractivity contribution is 7.98. The third-order valence-electron chi connectivity index (χ3n) is 3.61. The Labute approximate surface area is 146 Å². The molecular formula is C19H21FO3S. The number of halogens is 1.